The third-order valence-corrected chi connectivity index (χ3v) is 3.98. The Morgan fingerprint density at radius 3 is 2.95 bits per heavy atom. The highest BCUT2D eigenvalue weighted by Gasteiger charge is 2.13. The first kappa shape index (κ1) is 14.1. The number of halogens is 1. The molecule has 6 nitrogen and oxygen atoms in total. The van der Waals surface area contributed by atoms with E-state index in [1.165, 1.54) is 0 Å². The molecule has 0 fully saturated rings. The molecule has 0 atom stereocenters. The van der Waals surface area contributed by atoms with Gasteiger partial charge in [0.2, 0.25) is 5.88 Å². The molecule has 3 rings (SSSR count). The fourth-order valence-electron chi connectivity index (χ4n) is 2.15. The van der Waals surface area contributed by atoms with Crippen LogP contribution in [0.15, 0.2) is 22.3 Å². The number of nitrogens with zero attached hydrogens (tertiary/aromatic N) is 3. The van der Waals surface area contributed by atoms with Crippen LogP contribution in [0.5, 0.6) is 5.88 Å². The Kier molecular flexibility index (Phi) is 3.94. The number of nitrogens with one attached hydrogen (secondary N) is 1. The molecule has 0 aromatic carbocycles. The highest BCUT2D eigenvalue weighted by atomic mass is 35.5. The van der Waals surface area contributed by atoms with E-state index >= 15 is 0 Å². The Bertz CT molecular complexity index is 823. The van der Waals surface area contributed by atoms with Gasteiger partial charge in [-0.25, -0.2) is 4.98 Å². The smallest absolute Gasteiger partial charge is 0.304 e. The van der Waals surface area contributed by atoms with Crippen molar-refractivity contribution in [2.75, 3.05) is 13.0 Å². The molecule has 0 amide bonds. The number of hydrogen-bond donors (Lipinski definition) is 1. The zero-order chi connectivity index (χ0) is 14.8. The molecule has 0 radical (unpaired) electrons. The number of aromatic amines is 1. The van der Waals surface area contributed by atoms with E-state index in [9.17, 15) is 4.79 Å². The van der Waals surface area contributed by atoms with E-state index in [-0.39, 0.29) is 4.87 Å². The second kappa shape index (κ2) is 5.87. The standard InChI is InChI=1S/C13H13ClN4O2S/c1-20-11-3-2-9-12(17-11)18(10(16-9)4-5-14)6-8-7-21-13(19)15-8/h2-3,7H,4-6H2,1H3,(H,15,19). The average Bonchev–Trinajstić information content (AvgIpc) is 3.04. The molecule has 3 aromatic heterocycles. The van der Waals surface area contributed by atoms with Gasteiger partial charge in [-0.15, -0.1) is 11.6 Å². The number of fused-ring (bicyclic) bond motifs is 1. The number of H-pyrrole nitrogens is 1. The van der Waals surface area contributed by atoms with Gasteiger partial charge in [0.1, 0.15) is 11.3 Å². The summed E-state index contributed by atoms with van der Waals surface area (Å²) in [4.78, 5) is 23.0. The molecule has 0 saturated heterocycles. The van der Waals surface area contributed by atoms with Gasteiger partial charge in [0.05, 0.1) is 13.7 Å². The van der Waals surface area contributed by atoms with E-state index < -0.39 is 0 Å². The van der Waals surface area contributed by atoms with E-state index in [0.717, 1.165) is 34.0 Å². The molecule has 110 valence electrons. The molecule has 0 saturated carbocycles. The minimum absolute atomic E-state index is 0.0705. The van der Waals surface area contributed by atoms with Crippen molar-refractivity contribution in [3.63, 3.8) is 0 Å². The van der Waals surface area contributed by atoms with E-state index in [4.69, 9.17) is 16.3 Å². The maximum absolute atomic E-state index is 11.3. The molecule has 0 bridgehead atoms. The molecule has 0 unspecified atom stereocenters. The van der Waals surface area contributed by atoms with E-state index in [1.54, 1.807) is 18.6 Å². The minimum atomic E-state index is -0.0705. The number of aryl methyl sites for hydroxylation is 1. The number of imidazole rings is 1. The van der Waals surface area contributed by atoms with Crippen LogP contribution in [0.3, 0.4) is 0 Å². The summed E-state index contributed by atoms with van der Waals surface area (Å²) in [5, 5.41) is 1.80. The number of hydrogen-bond acceptors (Lipinski definition) is 5. The number of thiazole rings is 1. The van der Waals surface area contributed by atoms with E-state index in [0.29, 0.717) is 24.7 Å². The van der Waals surface area contributed by atoms with Crippen molar-refractivity contribution in [1.29, 1.82) is 0 Å². The van der Waals surface area contributed by atoms with Crippen LogP contribution in [0.1, 0.15) is 11.5 Å². The number of rotatable bonds is 5. The number of aromatic nitrogens is 4. The summed E-state index contributed by atoms with van der Waals surface area (Å²) >= 11 is 6.99. The fraction of sp³-hybridized carbons (Fsp3) is 0.308. The topological polar surface area (TPSA) is 72.8 Å². The van der Waals surface area contributed by atoms with Gasteiger partial charge in [0.15, 0.2) is 5.65 Å². The molecule has 0 spiro atoms. The van der Waals surface area contributed by atoms with Gasteiger partial charge in [-0.3, -0.25) is 4.79 Å². The molecule has 3 heterocycles. The summed E-state index contributed by atoms with van der Waals surface area (Å²) in [6, 6.07) is 3.64. The summed E-state index contributed by atoms with van der Waals surface area (Å²) < 4.78 is 7.12. The van der Waals surface area contributed by atoms with Crippen LogP contribution in [0.2, 0.25) is 0 Å². The van der Waals surface area contributed by atoms with Crippen molar-refractivity contribution in [3.05, 3.63) is 38.7 Å². The third kappa shape index (κ3) is 2.79. The van der Waals surface area contributed by atoms with Crippen molar-refractivity contribution < 1.29 is 4.74 Å². The van der Waals surface area contributed by atoms with Gasteiger partial charge in [-0.2, -0.15) is 4.98 Å². The molecule has 8 heteroatoms. The van der Waals surface area contributed by atoms with Gasteiger partial charge in [0, 0.05) is 29.4 Å². The zero-order valence-corrected chi connectivity index (χ0v) is 12.9. The number of ether oxygens (including phenoxy) is 1. The molecule has 0 aliphatic heterocycles. The fourth-order valence-corrected chi connectivity index (χ4v) is 2.89. The highest BCUT2D eigenvalue weighted by Crippen LogP contribution is 2.20. The van der Waals surface area contributed by atoms with Crippen molar-refractivity contribution in [3.8, 4) is 5.88 Å². The Morgan fingerprint density at radius 2 is 2.29 bits per heavy atom. The maximum Gasteiger partial charge on any atom is 0.304 e. The van der Waals surface area contributed by atoms with E-state index in [2.05, 4.69) is 15.0 Å². The molecule has 0 aliphatic rings. The lowest BCUT2D eigenvalue weighted by atomic mass is 10.4. The lowest BCUT2D eigenvalue weighted by Gasteiger charge is -2.06. The predicted molar refractivity (Wildman–Crippen MR) is 82.5 cm³/mol. The summed E-state index contributed by atoms with van der Waals surface area (Å²) in [6.07, 6.45) is 0.634. The molecule has 1 N–H and O–H groups in total. The Morgan fingerprint density at radius 1 is 1.43 bits per heavy atom. The summed E-state index contributed by atoms with van der Waals surface area (Å²) in [6.45, 7) is 0.502. The first-order valence-corrected chi connectivity index (χ1v) is 7.75. The lowest BCUT2D eigenvalue weighted by Crippen LogP contribution is -2.08. The largest absolute Gasteiger partial charge is 0.481 e. The van der Waals surface area contributed by atoms with Crippen molar-refractivity contribution in [2.24, 2.45) is 0 Å². The van der Waals surface area contributed by atoms with Crippen LogP contribution in [-0.4, -0.2) is 32.5 Å². The van der Waals surface area contributed by atoms with Gasteiger partial charge >= 0.3 is 4.87 Å². The predicted octanol–water partition coefficient (Wildman–Crippen LogP) is 2.02. The van der Waals surface area contributed by atoms with Gasteiger partial charge in [0.25, 0.3) is 0 Å². The Labute approximate surface area is 129 Å². The number of pyridine rings is 1. The van der Waals surface area contributed by atoms with E-state index in [1.807, 2.05) is 10.6 Å². The lowest BCUT2D eigenvalue weighted by molar-refractivity contribution is 0.399. The first-order valence-electron chi connectivity index (χ1n) is 6.34. The first-order chi connectivity index (χ1) is 10.2. The third-order valence-electron chi connectivity index (χ3n) is 3.07. The molecular formula is C13H13ClN4O2S. The highest BCUT2D eigenvalue weighted by molar-refractivity contribution is 7.07. The minimum Gasteiger partial charge on any atom is -0.481 e. The Balaban J connectivity index is 2.11. The number of alkyl halides is 1. The van der Waals surface area contributed by atoms with Crippen molar-refractivity contribution in [1.82, 2.24) is 19.5 Å². The normalized spacial score (nSPS) is 11.1. The van der Waals surface area contributed by atoms with Gasteiger partial charge in [-0.05, 0) is 6.07 Å². The number of methoxy groups -OCH3 is 1. The molecule has 21 heavy (non-hydrogen) atoms. The molecular weight excluding hydrogens is 312 g/mol. The van der Waals surface area contributed by atoms with Crippen LogP contribution in [0.4, 0.5) is 0 Å². The van der Waals surface area contributed by atoms with Crippen molar-refractivity contribution >= 4 is 34.1 Å². The van der Waals surface area contributed by atoms with Crippen LogP contribution < -0.4 is 9.61 Å². The second-order valence-corrected chi connectivity index (χ2v) is 5.64. The van der Waals surface area contributed by atoms with Crippen LogP contribution in [0, 0.1) is 0 Å². The zero-order valence-electron chi connectivity index (χ0n) is 11.3. The average molecular weight is 325 g/mol. The van der Waals surface area contributed by atoms with Gasteiger partial charge in [-0.1, -0.05) is 11.3 Å². The summed E-state index contributed by atoms with van der Waals surface area (Å²) in [5.41, 5.74) is 2.33. The summed E-state index contributed by atoms with van der Waals surface area (Å²) in [5.74, 6) is 1.84. The van der Waals surface area contributed by atoms with Crippen molar-refractivity contribution in [2.45, 2.75) is 13.0 Å². The maximum atomic E-state index is 11.3. The molecule has 3 aromatic rings. The molecule has 0 aliphatic carbocycles. The van der Waals surface area contributed by atoms with Crippen LogP contribution >= 0.6 is 22.9 Å². The van der Waals surface area contributed by atoms with Crippen LogP contribution in [0.25, 0.3) is 11.2 Å². The van der Waals surface area contributed by atoms with Gasteiger partial charge < -0.3 is 14.3 Å². The quantitative estimate of drug-likeness (QED) is 0.729. The monoisotopic (exact) mass is 324 g/mol. The summed E-state index contributed by atoms with van der Waals surface area (Å²) in [7, 11) is 1.57. The second-order valence-electron chi connectivity index (χ2n) is 4.42. The Hall–Kier alpha value is -1.86. The van der Waals surface area contributed by atoms with Crippen LogP contribution in [-0.2, 0) is 13.0 Å². The SMILES string of the molecule is COc1ccc2nc(CCCl)n(Cc3csc(=O)[nH]3)c2n1.